The number of carbonyl (C=O) groups is 2. The van der Waals surface area contributed by atoms with Gasteiger partial charge in [0.05, 0.1) is 21.9 Å². The highest BCUT2D eigenvalue weighted by atomic mass is 35.5. The Bertz CT molecular complexity index is 1620. The molecule has 0 aliphatic heterocycles. The van der Waals surface area contributed by atoms with Crippen molar-refractivity contribution in [3.05, 3.63) is 89.8 Å². The average Bonchev–Trinajstić information content (AvgIpc) is 3.46. The largest absolute Gasteiger partial charge is 0.458 e. The molecule has 0 radical (unpaired) electrons. The molecule has 3 heterocycles. The van der Waals surface area contributed by atoms with Crippen LogP contribution in [0.15, 0.2) is 79.3 Å². The fourth-order valence-corrected chi connectivity index (χ4v) is 4.50. The number of hydrogen-bond acceptors (Lipinski definition) is 4. The van der Waals surface area contributed by atoms with Gasteiger partial charge in [-0.15, -0.1) is 0 Å². The third-order valence-corrected chi connectivity index (χ3v) is 6.15. The Morgan fingerprint density at radius 3 is 2.51 bits per heavy atom. The standard InChI is InChI=1S/C28H26ClN5O3/c1-28(2,3)37-26(35)24(19-16-31-25-17(19)8-7-14-30-25)34-15-13-18-21(11-6-12-23(18)34)32-27(36)33-22-10-5-4-9-20(22)29/h4-16,24H,1-3H3,(H,30,31)(H2,32,33,36). The van der Waals surface area contributed by atoms with Crippen LogP contribution in [0, 0.1) is 0 Å². The summed E-state index contributed by atoms with van der Waals surface area (Å²) >= 11 is 6.17. The van der Waals surface area contributed by atoms with Crippen LogP contribution in [0.3, 0.4) is 0 Å². The molecule has 0 bridgehead atoms. The fraction of sp³-hybridized carbons (Fsp3) is 0.179. The number of rotatable bonds is 5. The summed E-state index contributed by atoms with van der Waals surface area (Å²) in [4.78, 5) is 33.8. The lowest BCUT2D eigenvalue weighted by molar-refractivity contribution is -0.157. The Morgan fingerprint density at radius 1 is 0.973 bits per heavy atom. The number of urea groups is 1. The second kappa shape index (κ2) is 9.63. The molecule has 0 aliphatic carbocycles. The topological polar surface area (TPSA) is 101 Å². The van der Waals surface area contributed by atoms with Crippen LogP contribution in [0.4, 0.5) is 16.2 Å². The summed E-state index contributed by atoms with van der Waals surface area (Å²) in [6.07, 6.45) is 5.31. The molecule has 0 saturated heterocycles. The number of para-hydroxylation sites is 1. The minimum Gasteiger partial charge on any atom is -0.458 e. The van der Waals surface area contributed by atoms with Crippen molar-refractivity contribution >= 4 is 56.9 Å². The van der Waals surface area contributed by atoms with Gasteiger partial charge >= 0.3 is 12.0 Å². The van der Waals surface area contributed by atoms with Crippen LogP contribution < -0.4 is 10.6 Å². The smallest absolute Gasteiger partial charge is 0.334 e. The van der Waals surface area contributed by atoms with Gasteiger partial charge in [-0.1, -0.05) is 29.8 Å². The number of anilines is 2. The average molecular weight is 516 g/mol. The monoisotopic (exact) mass is 515 g/mol. The van der Waals surface area contributed by atoms with Crippen LogP contribution in [-0.4, -0.2) is 32.1 Å². The molecule has 188 valence electrons. The molecule has 0 fully saturated rings. The molecule has 1 atom stereocenters. The second-order valence-corrected chi connectivity index (χ2v) is 10.0. The summed E-state index contributed by atoms with van der Waals surface area (Å²) < 4.78 is 7.69. The number of halogens is 1. The van der Waals surface area contributed by atoms with E-state index in [0.717, 1.165) is 21.9 Å². The molecule has 3 aromatic heterocycles. The van der Waals surface area contributed by atoms with Crippen LogP contribution in [0.2, 0.25) is 5.02 Å². The number of aromatic nitrogens is 3. The van der Waals surface area contributed by atoms with E-state index in [0.29, 0.717) is 22.0 Å². The van der Waals surface area contributed by atoms with Crippen molar-refractivity contribution in [2.24, 2.45) is 0 Å². The first-order valence-electron chi connectivity index (χ1n) is 11.8. The van der Waals surface area contributed by atoms with Crippen LogP contribution in [-0.2, 0) is 9.53 Å². The number of fused-ring (bicyclic) bond motifs is 2. The van der Waals surface area contributed by atoms with Gasteiger partial charge in [0.2, 0.25) is 0 Å². The van der Waals surface area contributed by atoms with E-state index in [4.69, 9.17) is 16.3 Å². The lowest BCUT2D eigenvalue weighted by atomic mass is 10.1. The quantitative estimate of drug-likeness (QED) is 0.225. The Hall–Kier alpha value is -4.30. The molecule has 37 heavy (non-hydrogen) atoms. The summed E-state index contributed by atoms with van der Waals surface area (Å²) in [5.74, 6) is -0.399. The fourth-order valence-electron chi connectivity index (χ4n) is 4.31. The summed E-state index contributed by atoms with van der Waals surface area (Å²) in [5, 5.41) is 7.69. The van der Waals surface area contributed by atoms with Crippen LogP contribution in [0.1, 0.15) is 32.4 Å². The Balaban J connectivity index is 1.54. The Kier molecular flexibility index (Phi) is 6.35. The maximum Gasteiger partial charge on any atom is 0.334 e. The van der Waals surface area contributed by atoms with Crippen molar-refractivity contribution in [1.29, 1.82) is 0 Å². The molecule has 1 unspecified atom stereocenters. The highest BCUT2D eigenvalue weighted by Gasteiger charge is 2.31. The van der Waals surface area contributed by atoms with E-state index < -0.39 is 23.6 Å². The third-order valence-electron chi connectivity index (χ3n) is 5.82. The molecule has 2 aromatic carbocycles. The SMILES string of the molecule is CC(C)(C)OC(=O)C(c1c[nH]c2ncccc12)n1ccc2c(NC(=O)Nc3ccccc3Cl)cccc21. The first-order chi connectivity index (χ1) is 17.7. The van der Waals surface area contributed by atoms with Crippen molar-refractivity contribution in [2.45, 2.75) is 32.4 Å². The maximum absolute atomic E-state index is 13.6. The minimum absolute atomic E-state index is 0.399. The van der Waals surface area contributed by atoms with Gasteiger partial charge in [-0.2, -0.15) is 0 Å². The predicted octanol–water partition coefficient (Wildman–Crippen LogP) is 6.75. The zero-order valence-corrected chi connectivity index (χ0v) is 21.3. The van der Waals surface area contributed by atoms with Crippen LogP contribution >= 0.6 is 11.6 Å². The Labute approximate surface area is 218 Å². The highest BCUT2D eigenvalue weighted by Crippen LogP contribution is 2.34. The van der Waals surface area contributed by atoms with Crippen molar-refractivity contribution in [1.82, 2.24) is 14.5 Å². The van der Waals surface area contributed by atoms with Gasteiger partial charge in [-0.05, 0) is 63.2 Å². The molecule has 8 nitrogen and oxygen atoms in total. The third kappa shape index (κ3) is 5.01. The lowest BCUT2D eigenvalue weighted by Gasteiger charge is -2.25. The molecule has 9 heteroatoms. The van der Waals surface area contributed by atoms with Gasteiger partial charge in [0.25, 0.3) is 0 Å². The molecule has 0 saturated carbocycles. The minimum atomic E-state index is -0.776. The zero-order valence-electron chi connectivity index (χ0n) is 20.6. The number of pyridine rings is 1. The molecule has 0 aliphatic rings. The van der Waals surface area contributed by atoms with Crippen molar-refractivity contribution in [3.63, 3.8) is 0 Å². The first-order valence-corrected chi connectivity index (χ1v) is 12.2. The first kappa shape index (κ1) is 24.4. The molecular weight excluding hydrogens is 490 g/mol. The van der Waals surface area contributed by atoms with Gasteiger partial charge in [-0.25, -0.2) is 14.6 Å². The van der Waals surface area contributed by atoms with Gasteiger partial charge in [0, 0.05) is 34.9 Å². The maximum atomic E-state index is 13.6. The number of esters is 1. The van der Waals surface area contributed by atoms with Gasteiger partial charge in [-0.3, -0.25) is 0 Å². The van der Waals surface area contributed by atoms with E-state index in [9.17, 15) is 9.59 Å². The molecule has 5 aromatic rings. The lowest BCUT2D eigenvalue weighted by Crippen LogP contribution is -2.30. The van der Waals surface area contributed by atoms with Gasteiger partial charge < -0.3 is 24.9 Å². The molecule has 5 rings (SSSR count). The van der Waals surface area contributed by atoms with E-state index in [-0.39, 0.29) is 0 Å². The van der Waals surface area contributed by atoms with E-state index in [1.807, 2.05) is 61.9 Å². The number of carbonyl (C=O) groups excluding carboxylic acids is 2. The zero-order chi connectivity index (χ0) is 26.2. The normalized spacial score (nSPS) is 12.4. The molecular formula is C28H26ClN5O3. The predicted molar refractivity (Wildman–Crippen MR) is 146 cm³/mol. The number of ether oxygens (including phenoxy) is 1. The summed E-state index contributed by atoms with van der Waals surface area (Å²) in [6, 6.07) is 16.9. The van der Waals surface area contributed by atoms with E-state index in [1.165, 1.54) is 0 Å². The van der Waals surface area contributed by atoms with Crippen molar-refractivity contribution in [3.8, 4) is 0 Å². The number of hydrogen-bond donors (Lipinski definition) is 3. The molecule has 2 amide bonds. The van der Waals surface area contributed by atoms with E-state index in [2.05, 4.69) is 20.6 Å². The van der Waals surface area contributed by atoms with Crippen LogP contribution in [0.25, 0.3) is 21.9 Å². The second-order valence-electron chi connectivity index (χ2n) is 9.60. The molecule has 0 spiro atoms. The number of amides is 2. The number of nitrogens with zero attached hydrogens (tertiary/aromatic N) is 2. The highest BCUT2D eigenvalue weighted by molar-refractivity contribution is 6.33. The summed E-state index contributed by atoms with van der Waals surface area (Å²) in [5.41, 5.74) is 2.59. The number of nitrogens with one attached hydrogen (secondary N) is 3. The van der Waals surface area contributed by atoms with Crippen molar-refractivity contribution < 1.29 is 14.3 Å². The molecule has 3 N–H and O–H groups in total. The summed E-state index contributed by atoms with van der Waals surface area (Å²) in [7, 11) is 0. The summed E-state index contributed by atoms with van der Waals surface area (Å²) in [6.45, 7) is 5.52. The van der Waals surface area contributed by atoms with Gasteiger partial charge in [0.15, 0.2) is 6.04 Å². The Morgan fingerprint density at radius 2 is 1.73 bits per heavy atom. The number of aromatic amines is 1. The number of H-pyrrole nitrogens is 1. The number of benzene rings is 2. The van der Waals surface area contributed by atoms with E-state index >= 15 is 0 Å². The van der Waals surface area contributed by atoms with Crippen molar-refractivity contribution in [2.75, 3.05) is 10.6 Å². The van der Waals surface area contributed by atoms with E-state index in [1.54, 1.807) is 42.7 Å². The van der Waals surface area contributed by atoms with Gasteiger partial charge in [0.1, 0.15) is 11.2 Å². The van der Waals surface area contributed by atoms with Crippen LogP contribution in [0.5, 0.6) is 0 Å².